The van der Waals surface area contributed by atoms with Gasteiger partial charge in [-0.3, -0.25) is 5.32 Å². The molecule has 0 radical (unpaired) electrons. The summed E-state index contributed by atoms with van der Waals surface area (Å²) >= 11 is 0. The molecule has 0 unspecified atom stereocenters. The molecule has 1 amide bonds. The molecule has 1 heterocycles. The van der Waals surface area contributed by atoms with Crippen LogP contribution in [-0.4, -0.2) is 18.4 Å². The molecule has 1 aromatic heterocycles. The van der Waals surface area contributed by atoms with Gasteiger partial charge in [0, 0.05) is 5.39 Å². The van der Waals surface area contributed by atoms with E-state index in [1.165, 1.54) is 7.11 Å². The third-order valence-corrected chi connectivity index (χ3v) is 2.10. The van der Waals surface area contributed by atoms with Gasteiger partial charge in [-0.15, -0.1) is 0 Å². The first-order valence-electron chi connectivity index (χ1n) is 4.42. The minimum Gasteiger partial charge on any atom is -0.453 e. The van der Waals surface area contributed by atoms with E-state index in [0.717, 1.165) is 11.1 Å². The Labute approximate surface area is 86.0 Å². The molecule has 0 aliphatic rings. The number of nitrogens with one attached hydrogen (secondary N) is 1. The average Bonchev–Trinajstić information content (AvgIpc) is 2.62. The predicted octanol–water partition coefficient (Wildman–Crippen LogP) is 2.31. The fourth-order valence-corrected chi connectivity index (χ4v) is 1.34. The lowest BCUT2D eigenvalue weighted by Gasteiger charge is -2.02. The van der Waals surface area contributed by atoms with Gasteiger partial charge in [0.05, 0.1) is 18.5 Å². The number of carbonyl (C=O) groups is 1. The summed E-state index contributed by atoms with van der Waals surface area (Å²) < 4.78 is 9.60. The summed E-state index contributed by atoms with van der Waals surface area (Å²) in [6, 6.07) is 5.42. The van der Waals surface area contributed by atoms with E-state index in [-0.39, 0.29) is 0 Å². The maximum absolute atomic E-state index is 11.0. The first-order chi connectivity index (χ1) is 7.22. The lowest BCUT2D eigenvalue weighted by Crippen LogP contribution is -2.10. The molecular formula is C10H10N2O3. The van der Waals surface area contributed by atoms with Crippen LogP contribution >= 0.6 is 0 Å². The zero-order chi connectivity index (χ0) is 10.8. The summed E-state index contributed by atoms with van der Waals surface area (Å²) in [6.07, 6.45) is -0.531. The Balaban J connectivity index is 2.47. The number of para-hydroxylation sites is 1. The van der Waals surface area contributed by atoms with Crippen LogP contribution in [0.25, 0.3) is 11.0 Å². The van der Waals surface area contributed by atoms with Gasteiger partial charge in [-0.1, -0.05) is 11.2 Å². The number of carbonyl (C=O) groups excluding carboxylic acids is 1. The molecule has 1 aromatic carbocycles. The fraction of sp³-hybridized carbons (Fsp3) is 0.200. The predicted molar refractivity (Wildman–Crippen MR) is 54.8 cm³/mol. The van der Waals surface area contributed by atoms with E-state index in [4.69, 9.17) is 4.52 Å². The minimum absolute atomic E-state index is 0.531. The van der Waals surface area contributed by atoms with E-state index in [2.05, 4.69) is 15.2 Å². The third-order valence-electron chi connectivity index (χ3n) is 2.10. The van der Waals surface area contributed by atoms with Crippen molar-refractivity contribution < 1.29 is 14.1 Å². The van der Waals surface area contributed by atoms with Gasteiger partial charge in [0.25, 0.3) is 0 Å². The second-order valence-corrected chi connectivity index (χ2v) is 3.07. The molecule has 5 nitrogen and oxygen atoms in total. The molecule has 78 valence electrons. The Morgan fingerprint density at radius 3 is 3.07 bits per heavy atom. The van der Waals surface area contributed by atoms with Crippen LogP contribution in [0.1, 0.15) is 5.69 Å². The molecule has 1 N–H and O–H groups in total. The zero-order valence-electron chi connectivity index (χ0n) is 8.40. The van der Waals surface area contributed by atoms with Crippen molar-refractivity contribution in [3.8, 4) is 0 Å². The lowest BCUT2D eigenvalue weighted by molar-refractivity contribution is 0.187. The zero-order valence-corrected chi connectivity index (χ0v) is 8.40. The second-order valence-electron chi connectivity index (χ2n) is 3.07. The first-order valence-corrected chi connectivity index (χ1v) is 4.42. The third kappa shape index (κ3) is 1.63. The quantitative estimate of drug-likeness (QED) is 0.777. The molecule has 0 saturated carbocycles. The number of amides is 1. The van der Waals surface area contributed by atoms with Gasteiger partial charge >= 0.3 is 6.09 Å². The number of hydrogen-bond donors (Lipinski definition) is 1. The van der Waals surface area contributed by atoms with Crippen LogP contribution in [0, 0.1) is 6.92 Å². The van der Waals surface area contributed by atoms with Crippen molar-refractivity contribution >= 4 is 22.7 Å². The van der Waals surface area contributed by atoms with E-state index in [1.807, 2.05) is 19.1 Å². The van der Waals surface area contributed by atoms with Gasteiger partial charge in [0.15, 0.2) is 5.58 Å². The largest absolute Gasteiger partial charge is 0.453 e. The van der Waals surface area contributed by atoms with Crippen molar-refractivity contribution in [1.82, 2.24) is 5.16 Å². The fourth-order valence-electron chi connectivity index (χ4n) is 1.34. The van der Waals surface area contributed by atoms with E-state index >= 15 is 0 Å². The molecule has 0 atom stereocenters. The number of anilines is 1. The van der Waals surface area contributed by atoms with Crippen LogP contribution in [0.2, 0.25) is 0 Å². The highest BCUT2D eigenvalue weighted by molar-refractivity contribution is 5.97. The first kappa shape index (κ1) is 9.51. The molecule has 0 fully saturated rings. The molecule has 0 aliphatic carbocycles. The highest BCUT2D eigenvalue weighted by Gasteiger charge is 2.10. The van der Waals surface area contributed by atoms with E-state index in [0.29, 0.717) is 11.3 Å². The van der Waals surface area contributed by atoms with Crippen LogP contribution in [0.5, 0.6) is 0 Å². The number of benzene rings is 1. The monoisotopic (exact) mass is 206 g/mol. The summed E-state index contributed by atoms with van der Waals surface area (Å²) in [5, 5.41) is 7.25. The highest BCUT2D eigenvalue weighted by atomic mass is 16.5. The van der Waals surface area contributed by atoms with Gasteiger partial charge in [0.2, 0.25) is 0 Å². The molecule has 0 bridgehead atoms. The van der Waals surface area contributed by atoms with Gasteiger partial charge in [-0.25, -0.2) is 4.79 Å². The van der Waals surface area contributed by atoms with E-state index < -0.39 is 6.09 Å². The average molecular weight is 206 g/mol. The topological polar surface area (TPSA) is 64.4 Å². The smallest absolute Gasteiger partial charge is 0.411 e. The molecule has 0 aliphatic heterocycles. The van der Waals surface area contributed by atoms with Crippen molar-refractivity contribution in [3.05, 3.63) is 23.9 Å². The molecule has 0 spiro atoms. The molecule has 2 aromatic rings. The van der Waals surface area contributed by atoms with Crippen molar-refractivity contribution in [1.29, 1.82) is 0 Å². The molecule has 15 heavy (non-hydrogen) atoms. The number of aryl methyl sites for hydroxylation is 1. The van der Waals surface area contributed by atoms with Crippen LogP contribution in [0.3, 0.4) is 0 Å². The lowest BCUT2D eigenvalue weighted by atomic mass is 10.2. The Morgan fingerprint density at radius 2 is 2.33 bits per heavy atom. The maximum Gasteiger partial charge on any atom is 0.411 e. The maximum atomic E-state index is 11.0. The molecule has 0 saturated heterocycles. The van der Waals surface area contributed by atoms with Crippen molar-refractivity contribution in [2.45, 2.75) is 6.92 Å². The normalized spacial score (nSPS) is 10.3. The molecule has 5 heteroatoms. The van der Waals surface area contributed by atoms with Gasteiger partial charge < -0.3 is 9.26 Å². The highest BCUT2D eigenvalue weighted by Crippen LogP contribution is 2.25. The van der Waals surface area contributed by atoms with Crippen molar-refractivity contribution in [2.75, 3.05) is 12.4 Å². The standard InChI is InChI=1S/C10H10N2O3/c1-6-7-4-3-5-8(9(7)15-12-6)11-10(13)14-2/h3-5H,1-2H3,(H,11,13). The number of nitrogens with zero attached hydrogens (tertiary/aromatic N) is 1. The molecule has 2 rings (SSSR count). The Kier molecular flexibility index (Phi) is 2.29. The summed E-state index contributed by atoms with van der Waals surface area (Å²) in [6.45, 7) is 1.84. The van der Waals surface area contributed by atoms with Crippen molar-refractivity contribution in [3.63, 3.8) is 0 Å². The van der Waals surface area contributed by atoms with Crippen LogP contribution < -0.4 is 5.32 Å². The SMILES string of the molecule is COC(=O)Nc1cccc2c(C)noc12. The summed E-state index contributed by atoms with van der Waals surface area (Å²) in [4.78, 5) is 11.0. The number of rotatable bonds is 1. The van der Waals surface area contributed by atoms with Gasteiger partial charge in [-0.05, 0) is 19.1 Å². The number of ether oxygens (including phenoxy) is 1. The van der Waals surface area contributed by atoms with E-state index in [1.54, 1.807) is 6.07 Å². The van der Waals surface area contributed by atoms with E-state index in [9.17, 15) is 4.79 Å². The summed E-state index contributed by atoms with van der Waals surface area (Å²) in [5.41, 5.74) is 1.90. The van der Waals surface area contributed by atoms with Crippen LogP contribution in [0.15, 0.2) is 22.7 Å². The van der Waals surface area contributed by atoms with Crippen LogP contribution in [-0.2, 0) is 4.74 Å². The second kappa shape index (κ2) is 3.61. The summed E-state index contributed by atoms with van der Waals surface area (Å²) in [5.74, 6) is 0. The summed E-state index contributed by atoms with van der Waals surface area (Å²) in [7, 11) is 1.31. The Hall–Kier alpha value is -2.04. The minimum atomic E-state index is -0.531. The van der Waals surface area contributed by atoms with Gasteiger partial charge in [0.1, 0.15) is 0 Å². The van der Waals surface area contributed by atoms with Gasteiger partial charge in [-0.2, -0.15) is 0 Å². The van der Waals surface area contributed by atoms with Crippen LogP contribution in [0.4, 0.5) is 10.5 Å². The number of aromatic nitrogens is 1. The number of hydrogen-bond acceptors (Lipinski definition) is 4. The number of methoxy groups -OCH3 is 1. The van der Waals surface area contributed by atoms with Crippen molar-refractivity contribution in [2.24, 2.45) is 0 Å². The Morgan fingerprint density at radius 1 is 1.53 bits per heavy atom. The Bertz CT molecular complexity index is 504. The molecular weight excluding hydrogens is 196 g/mol. The number of fused-ring (bicyclic) bond motifs is 1.